The summed E-state index contributed by atoms with van der Waals surface area (Å²) in [4.78, 5) is 0. The molecule has 2 N–H and O–H groups in total. The number of halogens is 3. The highest BCUT2D eigenvalue weighted by molar-refractivity contribution is 5.29. The lowest BCUT2D eigenvalue weighted by Gasteiger charge is -2.16. The average molecular weight is 281 g/mol. The first-order valence-corrected chi connectivity index (χ1v) is 6.13. The van der Waals surface area contributed by atoms with Crippen molar-refractivity contribution in [3.05, 3.63) is 65.0 Å². The predicted molar refractivity (Wildman–Crippen MR) is 69.7 cm³/mol. The highest BCUT2D eigenvalue weighted by Crippen LogP contribution is 2.21. The maximum absolute atomic E-state index is 13.6. The van der Waals surface area contributed by atoms with E-state index < -0.39 is 23.5 Å². The van der Waals surface area contributed by atoms with Crippen molar-refractivity contribution in [1.29, 1.82) is 0 Å². The number of phenolic OH excluding ortho intramolecular Hbond substituents is 1. The maximum Gasteiger partial charge on any atom is 0.130 e. The first kappa shape index (κ1) is 14.4. The van der Waals surface area contributed by atoms with Crippen LogP contribution in [-0.2, 0) is 6.54 Å². The van der Waals surface area contributed by atoms with Crippen molar-refractivity contribution in [3.8, 4) is 5.75 Å². The Labute approximate surface area is 114 Å². The van der Waals surface area contributed by atoms with Crippen LogP contribution in [0.5, 0.6) is 5.75 Å². The Morgan fingerprint density at radius 2 is 1.75 bits per heavy atom. The summed E-state index contributed by atoms with van der Waals surface area (Å²) in [6.45, 7) is 1.79. The number of hydrogen-bond donors (Lipinski definition) is 2. The number of benzene rings is 2. The van der Waals surface area contributed by atoms with E-state index in [1.807, 2.05) is 0 Å². The van der Waals surface area contributed by atoms with Crippen LogP contribution in [0, 0.1) is 17.5 Å². The van der Waals surface area contributed by atoms with E-state index >= 15 is 0 Å². The van der Waals surface area contributed by atoms with Crippen LogP contribution in [0.1, 0.15) is 24.1 Å². The van der Waals surface area contributed by atoms with Crippen molar-refractivity contribution in [2.75, 3.05) is 0 Å². The van der Waals surface area contributed by atoms with E-state index in [0.29, 0.717) is 5.56 Å². The molecule has 2 aromatic rings. The fourth-order valence-corrected chi connectivity index (χ4v) is 2.03. The monoisotopic (exact) mass is 281 g/mol. The molecule has 0 aliphatic carbocycles. The molecule has 0 aromatic heterocycles. The van der Waals surface area contributed by atoms with Gasteiger partial charge in [-0.05, 0) is 36.8 Å². The molecule has 2 aromatic carbocycles. The molecule has 1 unspecified atom stereocenters. The number of nitrogens with one attached hydrogen (secondary N) is 1. The third-order valence-corrected chi connectivity index (χ3v) is 2.99. The van der Waals surface area contributed by atoms with Gasteiger partial charge in [0.2, 0.25) is 0 Å². The summed E-state index contributed by atoms with van der Waals surface area (Å²) in [7, 11) is 0. The number of aromatic hydroxyl groups is 1. The maximum atomic E-state index is 13.6. The predicted octanol–water partition coefficient (Wildman–Crippen LogP) is 3.66. The molecule has 0 saturated heterocycles. The quantitative estimate of drug-likeness (QED) is 0.896. The topological polar surface area (TPSA) is 32.3 Å². The zero-order valence-corrected chi connectivity index (χ0v) is 10.8. The molecular weight excluding hydrogens is 267 g/mol. The van der Waals surface area contributed by atoms with Crippen molar-refractivity contribution in [1.82, 2.24) is 5.32 Å². The van der Waals surface area contributed by atoms with Gasteiger partial charge in [0.15, 0.2) is 0 Å². The van der Waals surface area contributed by atoms with Gasteiger partial charge in [-0.1, -0.05) is 6.07 Å². The first-order chi connectivity index (χ1) is 9.47. The molecule has 2 nitrogen and oxygen atoms in total. The van der Waals surface area contributed by atoms with Crippen LogP contribution in [0.15, 0.2) is 36.4 Å². The zero-order valence-electron chi connectivity index (χ0n) is 10.8. The molecule has 1 atom stereocenters. The van der Waals surface area contributed by atoms with Crippen LogP contribution in [0.4, 0.5) is 13.2 Å². The van der Waals surface area contributed by atoms with Gasteiger partial charge in [0, 0.05) is 24.2 Å². The van der Waals surface area contributed by atoms with Crippen molar-refractivity contribution >= 4 is 0 Å². The molecule has 0 aliphatic rings. The van der Waals surface area contributed by atoms with E-state index in [4.69, 9.17) is 0 Å². The fraction of sp³-hybridized carbons (Fsp3) is 0.200. The van der Waals surface area contributed by atoms with E-state index in [-0.39, 0.29) is 17.9 Å². The van der Waals surface area contributed by atoms with Gasteiger partial charge >= 0.3 is 0 Å². The van der Waals surface area contributed by atoms with Crippen molar-refractivity contribution in [2.24, 2.45) is 0 Å². The second-order valence-corrected chi connectivity index (χ2v) is 4.56. The lowest BCUT2D eigenvalue weighted by atomic mass is 10.1. The van der Waals surface area contributed by atoms with E-state index in [1.165, 1.54) is 30.3 Å². The molecular formula is C15H14F3NO. The van der Waals surface area contributed by atoms with Gasteiger partial charge < -0.3 is 10.4 Å². The first-order valence-electron chi connectivity index (χ1n) is 6.13. The molecule has 0 aliphatic heterocycles. The summed E-state index contributed by atoms with van der Waals surface area (Å²) < 4.78 is 40.2. The second-order valence-electron chi connectivity index (χ2n) is 4.56. The molecule has 0 amide bonds. The van der Waals surface area contributed by atoms with E-state index in [2.05, 4.69) is 5.32 Å². The lowest BCUT2D eigenvalue weighted by Crippen LogP contribution is -2.20. The Morgan fingerprint density at radius 1 is 1.10 bits per heavy atom. The van der Waals surface area contributed by atoms with Crippen LogP contribution in [-0.4, -0.2) is 5.11 Å². The Balaban J connectivity index is 2.10. The summed E-state index contributed by atoms with van der Waals surface area (Å²) >= 11 is 0. The van der Waals surface area contributed by atoms with E-state index in [9.17, 15) is 18.3 Å². The molecule has 0 saturated carbocycles. The van der Waals surface area contributed by atoms with Crippen molar-refractivity contribution in [2.45, 2.75) is 19.5 Å². The summed E-state index contributed by atoms with van der Waals surface area (Å²) in [5, 5.41) is 12.2. The number of rotatable bonds is 4. The van der Waals surface area contributed by atoms with Crippen molar-refractivity contribution < 1.29 is 18.3 Å². The Kier molecular flexibility index (Phi) is 4.29. The molecule has 106 valence electrons. The number of phenols is 1. The minimum absolute atomic E-state index is 0.0619. The smallest absolute Gasteiger partial charge is 0.130 e. The Morgan fingerprint density at radius 3 is 2.35 bits per heavy atom. The molecule has 0 spiro atoms. The van der Waals surface area contributed by atoms with Gasteiger partial charge in [-0.2, -0.15) is 0 Å². The summed E-state index contributed by atoms with van der Waals surface area (Å²) in [5.74, 6) is -2.02. The summed E-state index contributed by atoms with van der Waals surface area (Å²) in [6.07, 6.45) is 0. The fourth-order valence-electron chi connectivity index (χ4n) is 2.03. The second kappa shape index (κ2) is 5.96. The highest BCUT2D eigenvalue weighted by Gasteiger charge is 2.15. The van der Waals surface area contributed by atoms with Gasteiger partial charge in [-0.15, -0.1) is 0 Å². The minimum Gasteiger partial charge on any atom is -0.508 e. The van der Waals surface area contributed by atoms with Crippen LogP contribution in [0.25, 0.3) is 0 Å². The summed E-state index contributed by atoms with van der Waals surface area (Å²) in [5.41, 5.74) is 0.430. The van der Waals surface area contributed by atoms with Gasteiger partial charge in [0.05, 0.1) is 0 Å². The van der Waals surface area contributed by atoms with Gasteiger partial charge in [-0.3, -0.25) is 0 Å². The lowest BCUT2D eigenvalue weighted by molar-refractivity contribution is 0.463. The van der Waals surface area contributed by atoms with E-state index in [0.717, 1.165) is 6.07 Å². The molecule has 20 heavy (non-hydrogen) atoms. The van der Waals surface area contributed by atoms with Crippen LogP contribution in [0.2, 0.25) is 0 Å². The van der Waals surface area contributed by atoms with Gasteiger partial charge in [-0.25, -0.2) is 13.2 Å². The van der Waals surface area contributed by atoms with Crippen LogP contribution >= 0.6 is 0 Å². The van der Waals surface area contributed by atoms with Gasteiger partial charge in [0.1, 0.15) is 23.2 Å². The number of hydrogen-bond acceptors (Lipinski definition) is 2. The van der Waals surface area contributed by atoms with Crippen LogP contribution in [0.3, 0.4) is 0 Å². The summed E-state index contributed by atoms with van der Waals surface area (Å²) in [6, 6.07) is 6.71. The highest BCUT2D eigenvalue weighted by atomic mass is 19.1. The largest absolute Gasteiger partial charge is 0.508 e. The average Bonchev–Trinajstić information content (AvgIpc) is 2.35. The minimum atomic E-state index is -0.632. The van der Waals surface area contributed by atoms with Crippen LogP contribution < -0.4 is 5.32 Å². The molecule has 2 rings (SSSR count). The standard InChI is InChI=1S/C15H14F3NO/c1-9(15-13(17)3-2-4-14(15)18)19-8-10-5-11(16)7-12(20)6-10/h2-7,9,19-20H,8H2,1H3. The zero-order chi connectivity index (χ0) is 14.7. The molecule has 0 bridgehead atoms. The molecule has 0 fully saturated rings. The Hall–Kier alpha value is -2.01. The van der Waals surface area contributed by atoms with E-state index in [1.54, 1.807) is 6.92 Å². The third-order valence-electron chi connectivity index (χ3n) is 2.99. The molecule has 0 heterocycles. The van der Waals surface area contributed by atoms with Crippen molar-refractivity contribution in [3.63, 3.8) is 0 Å². The molecule has 0 radical (unpaired) electrons. The normalized spacial score (nSPS) is 12.4. The SMILES string of the molecule is CC(NCc1cc(O)cc(F)c1)c1c(F)cccc1F. The van der Waals surface area contributed by atoms with Gasteiger partial charge in [0.25, 0.3) is 0 Å². The third kappa shape index (κ3) is 3.30. The Bertz CT molecular complexity index is 576. The molecule has 5 heteroatoms.